The van der Waals surface area contributed by atoms with Gasteiger partial charge in [-0.1, -0.05) is 0 Å². The zero-order chi connectivity index (χ0) is 6.95. The minimum Gasteiger partial charge on any atom is -0.316 e. The van der Waals surface area contributed by atoms with Gasteiger partial charge in [-0.2, -0.15) is 11.8 Å². The molecule has 56 valence electrons. The van der Waals surface area contributed by atoms with Crippen molar-refractivity contribution in [3.63, 3.8) is 0 Å². The van der Waals surface area contributed by atoms with Gasteiger partial charge in [0, 0.05) is 12.3 Å². The average Bonchev–Trinajstić information content (AvgIpc) is 1.89. The molecule has 1 N–H and O–H groups in total. The van der Waals surface area contributed by atoms with Gasteiger partial charge in [-0.25, -0.2) is 0 Å². The maximum absolute atomic E-state index is 11.5. The predicted octanol–water partition coefficient (Wildman–Crippen LogP) is 1.30. The number of hydrogen-bond acceptors (Lipinski definition) is 2. The lowest BCUT2D eigenvalue weighted by atomic mass is 10.5. The highest BCUT2D eigenvalue weighted by molar-refractivity contribution is 7.98. The van der Waals surface area contributed by atoms with Crippen molar-refractivity contribution in [2.75, 3.05) is 31.8 Å². The molecule has 0 aliphatic rings. The van der Waals surface area contributed by atoms with Gasteiger partial charge in [0.1, 0.15) is 0 Å². The summed E-state index contributed by atoms with van der Waals surface area (Å²) in [5.74, 6) is 1.12. The summed E-state index contributed by atoms with van der Waals surface area (Å²) < 4.78 is 11.5. The van der Waals surface area contributed by atoms with Crippen LogP contribution in [0.5, 0.6) is 0 Å². The second-order valence-electron chi connectivity index (χ2n) is 1.79. The minimum atomic E-state index is -0.202. The van der Waals surface area contributed by atoms with E-state index in [-0.39, 0.29) is 6.67 Å². The zero-order valence-corrected chi connectivity index (χ0v) is 6.64. The lowest BCUT2D eigenvalue weighted by Crippen LogP contribution is -2.18. The number of hydrogen-bond donors (Lipinski definition) is 1. The van der Waals surface area contributed by atoms with E-state index in [9.17, 15) is 4.39 Å². The van der Waals surface area contributed by atoms with E-state index >= 15 is 0 Å². The van der Waals surface area contributed by atoms with Crippen molar-refractivity contribution < 1.29 is 4.39 Å². The smallest absolute Gasteiger partial charge is 0.0906 e. The molecule has 0 saturated heterocycles. The van der Waals surface area contributed by atoms with Crippen LogP contribution in [0.3, 0.4) is 0 Å². The third-order valence-electron chi connectivity index (χ3n) is 0.970. The number of halogens is 1. The molecule has 1 nitrogen and oxygen atoms in total. The van der Waals surface area contributed by atoms with E-state index in [1.165, 1.54) is 0 Å². The lowest BCUT2D eigenvalue weighted by molar-refractivity contribution is 0.462. The number of thioether (sulfide) groups is 1. The molecule has 9 heavy (non-hydrogen) atoms. The maximum Gasteiger partial charge on any atom is 0.0906 e. The SMILES string of the molecule is CSCCNCCCF. The molecule has 0 fully saturated rings. The van der Waals surface area contributed by atoms with Gasteiger partial charge in [0.15, 0.2) is 0 Å². The van der Waals surface area contributed by atoms with Crippen LogP contribution in [0.2, 0.25) is 0 Å². The Morgan fingerprint density at radius 2 is 2.22 bits per heavy atom. The minimum absolute atomic E-state index is 0.202. The largest absolute Gasteiger partial charge is 0.316 e. The van der Waals surface area contributed by atoms with Crippen LogP contribution in [-0.4, -0.2) is 31.8 Å². The number of alkyl halides is 1. The third kappa shape index (κ3) is 8.24. The monoisotopic (exact) mass is 151 g/mol. The van der Waals surface area contributed by atoms with E-state index < -0.39 is 0 Å². The molecule has 0 amide bonds. The van der Waals surface area contributed by atoms with E-state index in [4.69, 9.17) is 0 Å². The van der Waals surface area contributed by atoms with Gasteiger partial charge in [0.25, 0.3) is 0 Å². The fourth-order valence-corrected chi connectivity index (χ4v) is 0.840. The molecule has 0 aliphatic carbocycles. The highest BCUT2D eigenvalue weighted by atomic mass is 32.2. The first-order chi connectivity index (χ1) is 4.41. The molecule has 0 spiro atoms. The van der Waals surface area contributed by atoms with E-state index in [1.54, 1.807) is 11.8 Å². The van der Waals surface area contributed by atoms with Gasteiger partial charge in [-0.15, -0.1) is 0 Å². The summed E-state index contributed by atoms with van der Waals surface area (Å²) in [5, 5.41) is 3.13. The first-order valence-corrected chi connectivity index (χ1v) is 4.57. The summed E-state index contributed by atoms with van der Waals surface area (Å²) in [4.78, 5) is 0. The van der Waals surface area contributed by atoms with E-state index in [1.807, 2.05) is 0 Å². The fraction of sp³-hybridized carbons (Fsp3) is 1.00. The Balaban J connectivity index is 2.60. The maximum atomic E-state index is 11.5. The van der Waals surface area contributed by atoms with Crippen molar-refractivity contribution in [1.82, 2.24) is 5.32 Å². The summed E-state index contributed by atoms with van der Waals surface area (Å²) in [6.45, 7) is 1.62. The average molecular weight is 151 g/mol. The van der Waals surface area contributed by atoms with Crippen molar-refractivity contribution in [2.24, 2.45) is 0 Å². The van der Waals surface area contributed by atoms with E-state index in [0.29, 0.717) is 6.42 Å². The van der Waals surface area contributed by atoms with Crippen LogP contribution in [0.15, 0.2) is 0 Å². The first-order valence-electron chi connectivity index (χ1n) is 3.17. The van der Waals surface area contributed by atoms with Gasteiger partial charge in [0.2, 0.25) is 0 Å². The molecular formula is C6H14FNS. The Hall–Kier alpha value is 0.240. The van der Waals surface area contributed by atoms with Crippen molar-refractivity contribution in [3.8, 4) is 0 Å². The van der Waals surface area contributed by atoms with Crippen LogP contribution in [0, 0.1) is 0 Å². The second-order valence-corrected chi connectivity index (χ2v) is 2.77. The Morgan fingerprint density at radius 3 is 2.78 bits per heavy atom. The lowest BCUT2D eigenvalue weighted by Gasteiger charge is -1.99. The predicted molar refractivity (Wildman–Crippen MR) is 41.8 cm³/mol. The molecule has 0 saturated carbocycles. The molecule has 0 bridgehead atoms. The summed E-state index contributed by atoms with van der Waals surface area (Å²) in [7, 11) is 0. The van der Waals surface area contributed by atoms with Gasteiger partial charge < -0.3 is 5.32 Å². The van der Waals surface area contributed by atoms with Gasteiger partial charge in [-0.05, 0) is 19.2 Å². The van der Waals surface area contributed by atoms with Crippen LogP contribution in [0.25, 0.3) is 0 Å². The molecule has 0 aliphatic heterocycles. The summed E-state index contributed by atoms with van der Waals surface area (Å²) in [6.07, 6.45) is 2.71. The van der Waals surface area contributed by atoms with Gasteiger partial charge in [0.05, 0.1) is 6.67 Å². The summed E-state index contributed by atoms with van der Waals surface area (Å²) >= 11 is 1.80. The van der Waals surface area contributed by atoms with E-state index in [0.717, 1.165) is 18.8 Å². The van der Waals surface area contributed by atoms with Gasteiger partial charge in [-0.3, -0.25) is 4.39 Å². The van der Waals surface area contributed by atoms with Crippen LogP contribution in [0.4, 0.5) is 4.39 Å². The van der Waals surface area contributed by atoms with Crippen LogP contribution < -0.4 is 5.32 Å². The Labute approximate surface area is 60.4 Å². The third-order valence-corrected chi connectivity index (χ3v) is 1.58. The molecule has 0 unspecified atom stereocenters. The molecule has 0 heterocycles. The number of rotatable bonds is 6. The molecule has 0 radical (unpaired) electrons. The highest BCUT2D eigenvalue weighted by Crippen LogP contribution is 1.86. The Bertz CT molecular complexity index is 46.3. The molecule has 0 aromatic carbocycles. The van der Waals surface area contributed by atoms with Crippen LogP contribution in [0.1, 0.15) is 6.42 Å². The normalized spacial score (nSPS) is 10.0. The Kier molecular flexibility index (Phi) is 8.46. The fourth-order valence-electron chi connectivity index (χ4n) is 0.491. The Morgan fingerprint density at radius 1 is 1.44 bits per heavy atom. The summed E-state index contributed by atoms with van der Waals surface area (Å²) in [6, 6.07) is 0. The molecule has 0 atom stereocenters. The second kappa shape index (κ2) is 8.24. The van der Waals surface area contributed by atoms with Crippen LogP contribution in [-0.2, 0) is 0 Å². The van der Waals surface area contributed by atoms with Crippen molar-refractivity contribution in [1.29, 1.82) is 0 Å². The number of nitrogens with one attached hydrogen (secondary N) is 1. The van der Waals surface area contributed by atoms with E-state index in [2.05, 4.69) is 11.6 Å². The van der Waals surface area contributed by atoms with Gasteiger partial charge >= 0.3 is 0 Å². The van der Waals surface area contributed by atoms with Crippen molar-refractivity contribution >= 4 is 11.8 Å². The molecule has 0 rings (SSSR count). The molecule has 3 heteroatoms. The molecule has 0 aromatic heterocycles. The summed E-state index contributed by atoms with van der Waals surface area (Å²) in [5.41, 5.74) is 0. The highest BCUT2D eigenvalue weighted by Gasteiger charge is 1.84. The van der Waals surface area contributed by atoms with Crippen LogP contribution >= 0.6 is 11.8 Å². The quantitative estimate of drug-likeness (QED) is 0.574. The standard InChI is InChI=1S/C6H14FNS/c1-9-6-5-8-4-2-3-7/h8H,2-6H2,1H3. The topological polar surface area (TPSA) is 12.0 Å². The van der Waals surface area contributed by atoms with Crippen molar-refractivity contribution in [2.45, 2.75) is 6.42 Å². The molecular weight excluding hydrogens is 137 g/mol. The van der Waals surface area contributed by atoms with Crippen molar-refractivity contribution in [3.05, 3.63) is 0 Å². The molecule has 0 aromatic rings. The first kappa shape index (κ1) is 9.24. The zero-order valence-electron chi connectivity index (χ0n) is 5.82.